The number of hydrogen-bond acceptors (Lipinski definition) is 4. The number of rotatable bonds is 3. The van der Waals surface area contributed by atoms with Crippen LogP contribution in [0.15, 0.2) is 12.3 Å². The molecule has 0 amide bonds. The van der Waals surface area contributed by atoms with Gasteiger partial charge < -0.3 is 15.2 Å². The molecule has 1 aliphatic heterocycles. The molecule has 0 aromatic carbocycles. The number of pyridine rings is 1. The Morgan fingerprint density at radius 3 is 3.00 bits per heavy atom. The molecule has 5 nitrogen and oxygen atoms in total. The average Bonchev–Trinajstić information content (AvgIpc) is 2.30. The predicted molar refractivity (Wildman–Crippen MR) is 67.8 cm³/mol. The first-order chi connectivity index (χ1) is 8.87. The highest BCUT2D eigenvalue weighted by Crippen LogP contribution is 2.26. The number of nitrogens with one attached hydrogen (secondary N) is 1. The minimum Gasteiger partial charge on any atom is -0.478 e. The number of halogens is 1. The van der Waals surface area contributed by atoms with E-state index in [9.17, 15) is 9.18 Å². The highest BCUT2D eigenvalue weighted by molar-refractivity contribution is 5.93. The summed E-state index contributed by atoms with van der Waals surface area (Å²) in [5.41, 5.74) is -0.399. The number of hydrogen-bond donors (Lipinski definition) is 2. The van der Waals surface area contributed by atoms with Crippen molar-refractivity contribution in [2.45, 2.75) is 38.3 Å². The maximum Gasteiger partial charge on any atom is 0.339 e. The van der Waals surface area contributed by atoms with Gasteiger partial charge in [-0.1, -0.05) is 0 Å². The molecular formula is C13H17FN2O3. The van der Waals surface area contributed by atoms with Crippen LogP contribution in [0, 0.1) is 5.82 Å². The van der Waals surface area contributed by atoms with Crippen molar-refractivity contribution in [3.05, 3.63) is 23.6 Å². The SMILES string of the molecule is CC1(C)CC(Nc2ncc(F)cc2C(=O)O)CCO1. The molecule has 0 radical (unpaired) electrons. The average molecular weight is 268 g/mol. The Balaban J connectivity index is 2.17. The van der Waals surface area contributed by atoms with Crippen molar-refractivity contribution in [2.24, 2.45) is 0 Å². The van der Waals surface area contributed by atoms with Gasteiger partial charge in [0.2, 0.25) is 0 Å². The number of carbonyl (C=O) groups is 1. The van der Waals surface area contributed by atoms with Gasteiger partial charge in [0.25, 0.3) is 0 Å². The lowest BCUT2D eigenvalue weighted by Crippen LogP contribution is -2.40. The fraction of sp³-hybridized carbons (Fsp3) is 0.538. The van der Waals surface area contributed by atoms with Crippen molar-refractivity contribution in [3.8, 4) is 0 Å². The molecule has 1 saturated heterocycles. The van der Waals surface area contributed by atoms with Crippen LogP contribution in [0.5, 0.6) is 0 Å². The van der Waals surface area contributed by atoms with E-state index >= 15 is 0 Å². The van der Waals surface area contributed by atoms with E-state index in [4.69, 9.17) is 9.84 Å². The highest BCUT2D eigenvalue weighted by atomic mass is 19.1. The number of ether oxygens (including phenoxy) is 1. The lowest BCUT2D eigenvalue weighted by molar-refractivity contribution is -0.0553. The summed E-state index contributed by atoms with van der Waals surface area (Å²) in [5.74, 6) is -1.65. The largest absolute Gasteiger partial charge is 0.478 e. The van der Waals surface area contributed by atoms with E-state index in [1.165, 1.54) is 0 Å². The molecule has 0 saturated carbocycles. The van der Waals surface area contributed by atoms with Gasteiger partial charge in [0, 0.05) is 12.6 Å². The van der Waals surface area contributed by atoms with Crippen LogP contribution in [0.25, 0.3) is 0 Å². The van der Waals surface area contributed by atoms with Gasteiger partial charge in [0.15, 0.2) is 0 Å². The van der Waals surface area contributed by atoms with Gasteiger partial charge in [0.1, 0.15) is 17.2 Å². The molecule has 6 heteroatoms. The van der Waals surface area contributed by atoms with Crippen LogP contribution in [0.3, 0.4) is 0 Å². The van der Waals surface area contributed by atoms with Crippen LogP contribution in [0.1, 0.15) is 37.0 Å². The third-order valence-electron chi connectivity index (χ3n) is 3.12. The molecule has 2 rings (SSSR count). The Kier molecular flexibility index (Phi) is 3.71. The zero-order valence-electron chi connectivity index (χ0n) is 10.9. The van der Waals surface area contributed by atoms with Crippen molar-refractivity contribution < 1.29 is 19.0 Å². The highest BCUT2D eigenvalue weighted by Gasteiger charge is 2.29. The fourth-order valence-corrected chi connectivity index (χ4v) is 2.27. The maximum absolute atomic E-state index is 13.0. The first kappa shape index (κ1) is 13.7. The summed E-state index contributed by atoms with van der Waals surface area (Å²) in [6, 6.07) is 1.04. The van der Waals surface area contributed by atoms with E-state index in [2.05, 4.69) is 10.3 Å². The Morgan fingerprint density at radius 2 is 2.37 bits per heavy atom. The lowest BCUT2D eigenvalue weighted by atomic mass is 9.94. The molecule has 1 aromatic rings. The van der Waals surface area contributed by atoms with Crippen LogP contribution >= 0.6 is 0 Å². The van der Waals surface area contributed by atoms with Gasteiger partial charge in [-0.25, -0.2) is 14.2 Å². The monoisotopic (exact) mass is 268 g/mol. The number of carboxylic acids is 1. The Bertz CT molecular complexity index is 491. The quantitative estimate of drug-likeness (QED) is 0.880. The minimum atomic E-state index is -1.19. The zero-order valence-corrected chi connectivity index (χ0v) is 10.9. The normalized spacial score (nSPS) is 21.9. The third-order valence-corrected chi connectivity index (χ3v) is 3.12. The summed E-state index contributed by atoms with van der Waals surface area (Å²) in [5, 5.41) is 12.1. The van der Waals surface area contributed by atoms with Crippen molar-refractivity contribution in [3.63, 3.8) is 0 Å². The molecule has 1 atom stereocenters. The molecule has 1 aliphatic rings. The van der Waals surface area contributed by atoms with Crippen molar-refractivity contribution in [1.29, 1.82) is 0 Å². The number of carboxylic acid groups (broad SMARTS) is 1. The summed E-state index contributed by atoms with van der Waals surface area (Å²) in [7, 11) is 0. The van der Waals surface area contributed by atoms with Crippen LogP contribution < -0.4 is 5.32 Å². The van der Waals surface area contributed by atoms with E-state index in [-0.39, 0.29) is 23.0 Å². The zero-order chi connectivity index (χ0) is 14.0. The standard InChI is InChI=1S/C13H17FN2O3/c1-13(2)6-9(3-4-19-13)16-11-10(12(17)18)5-8(14)7-15-11/h5,7,9H,3-4,6H2,1-2H3,(H,15,16)(H,17,18). The van der Waals surface area contributed by atoms with E-state index in [0.717, 1.165) is 25.1 Å². The second-order valence-electron chi connectivity index (χ2n) is 5.30. The topological polar surface area (TPSA) is 71.5 Å². The van der Waals surface area contributed by atoms with E-state index in [0.29, 0.717) is 6.61 Å². The summed E-state index contributed by atoms with van der Waals surface area (Å²) >= 11 is 0. The van der Waals surface area contributed by atoms with Crippen molar-refractivity contribution in [2.75, 3.05) is 11.9 Å². The molecular weight excluding hydrogens is 251 g/mol. The maximum atomic E-state index is 13.0. The van der Waals surface area contributed by atoms with Crippen molar-refractivity contribution >= 4 is 11.8 Å². The molecule has 1 fully saturated rings. The Hall–Kier alpha value is -1.69. The van der Waals surface area contributed by atoms with Crippen LogP contribution in [0.4, 0.5) is 10.2 Å². The fourth-order valence-electron chi connectivity index (χ4n) is 2.27. The van der Waals surface area contributed by atoms with Gasteiger partial charge >= 0.3 is 5.97 Å². The van der Waals surface area contributed by atoms with Gasteiger partial charge in [-0.05, 0) is 32.8 Å². The minimum absolute atomic E-state index is 0.0693. The van der Waals surface area contributed by atoms with E-state index < -0.39 is 11.8 Å². The van der Waals surface area contributed by atoms with Crippen LogP contribution in [0.2, 0.25) is 0 Å². The van der Waals surface area contributed by atoms with Crippen LogP contribution in [-0.2, 0) is 4.74 Å². The summed E-state index contributed by atoms with van der Waals surface area (Å²) in [6.07, 6.45) is 2.52. The summed E-state index contributed by atoms with van der Waals surface area (Å²) < 4.78 is 18.6. The van der Waals surface area contributed by atoms with Gasteiger partial charge in [-0.15, -0.1) is 0 Å². The molecule has 2 N–H and O–H groups in total. The molecule has 0 spiro atoms. The molecule has 0 bridgehead atoms. The Morgan fingerprint density at radius 1 is 1.63 bits per heavy atom. The summed E-state index contributed by atoms with van der Waals surface area (Å²) in [6.45, 7) is 4.57. The number of aromatic carboxylic acids is 1. The van der Waals surface area contributed by atoms with Gasteiger partial charge in [-0.2, -0.15) is 0 Å². The number of nitrogens with zero attached hydrogens (tertiary/aromatic N) is 1. The summed E-state index contributed by atoms with van der Waals surface area (Å²) in [4.78, 5) is 14.9. The number of anilines is 1. The van der Waals surface area contributed by atoms with E-state index in [1.807, 2.05) is 13.8 Å². The second kappa shape index (κ2) is 5.13. The second-order valence-corrected chi connectivity index (χ2v) is 5.30. The van der Waals surface area contributed by atoms with Crippen LogP contribution in [-0.4, -0.2) is 34.3 Å². The van der Waals surface area contributed by atoms with Gasteiger partial charge in [-0.3, -0.25) is 0 Å². The molecule has 2 heterocycles. The molecule has 104 valence electrons. The van der Waals surface area contributed by atoms with Gasteiger partial charge in [0.05, 0.1) is 11.8 Å². The molecule has 1 unspecified atom stereocenters. The molecule has 1 aromatic heterocycles. The van der Waals surface area contributed by atoms with Crippen molar-refractivity contribution in [1.82, 2.24) is 4.98 Å². The predicted octanol–water partition coefficient (Wildman–Crippen LogP) is 2.29. The third kappa shape index (κ3) is 3.41. The number of aromatic nitrogens is 1. The smallest absolute Gasteiger partial charge is 0.339 e. The Labute approximate surface area is 110 Å². The first-order valence-corrected chi connectivity index (χ1v) is 6.17. The van der Waals surface area contributed by atoms with E-state index in [1.54, 1.807) is 0 Å². The molecule has 0 aliphatic carbocycles. The first-order valence-electron chi connectivity index (χ1n) is 6.17. The molecule has 19 heavy (non-hydrogen) atoms. The lowest BCUT2D eigenvalue weighted by Gasteiger charge is -2.36.